The molecule has 0 spiro atoms. The molecule has 0 aliphatic heterocycles. The number of amides is 4. The summed E-state index contributed by atoms with van der Waals surface area (Å²) in [6.45, 7) is 10.6. The Bertz CT molecular complexity index is 1560. The van der Waals surface area contributed by atoms with Gasteiger partial charge in [0.05, 0.1) is 24.5 Å². The summed E-state index contributed by atoms with van der Waals surface area (Å²) in [5, 5.41) is 32.1. The van der Waals surface area contributed by atoms with Gasteiger partial charge in [0.1, 0.15) is 18.1 Å². The Morgan fingerprint density at radius 3 is 1.52 bits per heavy atom. The van der Waals surface area contributed by atoms with Crippen molar-refractivity contribution in [3.05, 3.63) is 108 Å². The van der Waals surface area contributed by atoms with E-state index in [9.17, 15) is 34.2 Å². The Morgan fingerprint density at radius 2 is 1.06 bits per heavy atom. The highest BCUT2D eigenvalue weighted by Crippen LogP contribution is 2.25. The van der Waals surface area contributed by atoms with E-state index >= 15 is 0 Å². The lowest BCUT2D eigenvalue weighted by molar-refractivity contribution is -0.143. The van der Waals surface area contributed by atoms with Crippen molar-refractivity contribution in [3.63, 3.8) is 0 Å². The average molecular weight is 715 g/mol. The maximum atomic E-state index is 14.0. The predicted molar refractivity (Wildman–Crippen MR) is 200 cm³/mol. The van der Waals surface area contributed by atoms with E-state index in [0.717, 1.165) is 16.7 Å². The number of carbonyl (C=O) groups is 5. The van der Waals surface area contributed by atoms with E-state index < -0.39 is 66.3 Å². The van der Waals surface area contributed by atoms with E-state index in [1.165, 1.54) is 0 Å². The Kier molecular flexibility index (Phi) is 16.0. The van der Waals surface area contributed by atoms with Crippen LogP contribution in [0.5, 0.6) is 0 Å². The number of nitrogens with one attached hydrogen (secondary N) is 4. The predicted octanol–water partition coefficient (Wildman–Crippen LogP) is 4.19. The Morgan fingerprint density at radius 1 is 0.596 bits per heavy atom. The van der Waals surface area contributed by atoms with Crippen LogP contribution in [0.25, 0.3) is 0 Å². The van der Waals surface area contributed by atoms with Crippen LogP contribution in [0.1, 0.15) is 77.0 Å². The average Bonchev–Trinajstić information content (AvgIpc) is 3.12. The van der Waals surface area contributed by atoms with Crippen LogP contribution in [0.3, 0.4) is 0 Å². The molecule has 11 heteroatoms. The molecule has 0 saturated carbocycles. The number of aliphatic hydroxyl groups is 1. The van der Waals surface area contributed by atoms with Crippen LogP contribution < -0.4 is 21.3 Å². The van der Waals surface area contributed by atoms with Gasteiger partial charge in [-0.05, 0) is 40.9 Å². The van der Waals surface area contributed by atoms with Gasteiger partial charge in [-0.3, -0.25) is 19.2 Å². The molecule has 0 aromatic heterocycles. The van der Waals surface area contributed by atoms with Gasteiger partial charge in [-0.25, -0.2) is 4.79 Å². The van der Waals surface area contributed by atoms with Crippen LogP contribution in [0.15, 0.2) is 91.0 Å². The molecule has 0 saturated heterocycles. The zero-order chi connectivity index (χ0) is 38.4. The Hall–Kier alpha value is -5.03. The first-order chi connectivity index (χ1) is 24.7. The summed E-state index contributed by atoms with van der Waals surface area (Å²) in [7, 11) is 0. The maximum Gasteiger partial charge on any atom is 0.326 e. The van der Waals surface area contributed by atoms with Crippen molar-refractivity contribution < 1.29 is 34.2 Å². The second kappa shape index (κ2) is 20.1. The molecule has 0 unspecified atom stereocenters. The van der Waals surface area contributed by atoms with Crippen molar-refractivity contribution in [2.75, 3.05) is 0 Å². The SMILES string of the molecule is CC[C@H](C)[C@H](NC(=O)C[C@H](O)[C@H](Cc1ccccc1)NC(=O)[C@@H](NC(=O)C(c1ccccc1)c1ccccc1)C(C)C)C(=O)N[C@H](C(=O)O)C(C)C. The third-order valence-corrected chi connectivity index (χ3v) is 9.30. The minimum absolute atomic E-state index is 0.181. The molecule has 0 aliphatic carbocycles. The largest absolute Gasteiger partial charge is 0.480 e. The van der Waals surface area contributed by atoms with Gasteiger partial charge in [0, 0.05) is 0 Å². The zero-order valence-corrected chi connectivity index (χ0v) is 30.9. The summed E-state index contributed by atoms with van der Waals surface area (Å²) in [5.41, 5.74) is 2.34. The number of hydrogen-bond acceptors (Lipinski definition) is 6. The standard InChI is InChI=1S/C41H54N4O7/c1-7-27(6)37(40(50)45-36(26(4)5)41(51)52)43-33(47)24-32(46)31(23-28-17-11-8-12-18-28)42-39(49)35(25(2)3)44-38(48)34(29-19-13-9-14-20-29)30-21-15-10-16-22-30/h8-22,25-27,31-32,34-37,46H,7,23-24H2,1-6H3,(H,42,49)(H,43,47)(H,44,48)(H,45,50)(H,51,52)/t27-,31-,32-,35-,36-,37-/m0/s1. The van der Waals surface area contributed by atoms with E-state index in [2.05, 4.69) is 21.3 Å². The number of carboxylic acids is 1. The van der Waals surface area contributed by atoms with Gasteiger partial charge in [-0.2, -0.15) is 0 Å². The highest BCUT2D eigenvalue weighted by atomic mass is 16.4. The van der Waals surface area contributed by atoms with Crippen molar-refractivity contribution >= 4 is 29.6 Å². The smallest absolute Gasteiger partial charge is 0.326 e. The van der Waals surface area contributed by atoms with Gasteiger partial charge in [-0.1, -0.05) is 139 Å². The summed E-state index contributed by atoms with van der Waals surface area (Å²) >= 11 is 0. The summed E-state index contributed by atoms with van der Waals surface area (Å²) < 4.78 is 0. The molecule has 6 N–H and O–H groups in total. The topological polar surface area (TPSA) is 174 Å². The fourth-order valence-electron chi connectivity index (χ4n) is 6.00. The fourth-order valence-corrected chi connectivity index (χ4v) is 6.00. The van der Waals surface area contributed by atoms with E-state index in [1.54, 1.807) is 20.8 Å². The second-order valence-corrected chi connectivity index (χ2v) is 14.1. The minimum Gasteiger partial charge on any atom is -0.480 e. The molecular formula is C41H54N4O7. The summed E-state index contributed by atoms with van der Waals surface area (Å²) in [6.07, 6.45) is -1.13. The van der Waals surface area contributed by atoms with E-state index in [1.807, 2.05) is 112 Å². The third-order valence-electron chi connectivity index (χ3n) is 9.30. The minimum atomic E-state index is -1.38. The van der Waals surface area contributed by atoms with Gasteiger partial charge in [0.15, 0.2) is 0 Å². The molecule has 3 aromatic carbocycles. The van der Waals surface area contributed by atoms with E-state index in [-0.39, 0.29) is 30.1 Å². The number of aliphatic carboxylic acids is 1. The maximum absolute atomic E-state index is 14.0. The first-order valence-corrected chi connectivity index (χ1v) is 18.0. The lowest BCUT2D eigenvalue weighted by Gasteiger charge is -2.30. The highest BCUT2D eigenvalue weighted by molar-refractivity contribution is 5.93. The molecule has 280 valence electrons. The van der Waals surface area contributed by atoms with Crippen LogP contribution >= 0.6 is 0 Å². The molecule has 3 rings (SSSR count). The number of hydrogen-bond donors (Lipinski definition) is 6. The van der Waals surface area contributed by atoms with Crippen molar-refractivity contribution in [2.45, 2.75) is 97.0 Å². The first-order valence-electron chi connectivity index (χ1n) is 18.0. The molecule has 3 aromatic rings. The van der Waals surface area contributed by atoms with Crippen LogP contribution in [-0.2, 0) is 30.4 Å². The van der Waals surface area contributed by atoms with Crippen molar-refractivity contribution in [1.29, 1.82) is 0 Å². The van der Waals surface area contributed by atoms with E-state index in [4.69, 9.17) is 0 Å². The summed E-state index contributed by atoms with van der Waals surface area (Å²) in [5.74, 6) is -5.06. The van der Waals surface area contributed by atoms with Crippen molar-refractivity contribution in [2.24, 2.45) is 17.8 Å². The van der Waals surface area contributed by atoms with Gasteiger partial charge in [0.2, 0.25) is 23.6 Å². The monoisotopic (exact) mass is 714 g/mol. The first kappa shape index (κ1) is 41.4. The summed E-state index contributed by atoms with van der Waals surface area (Å²) in [4.78, 5) is 66.3. The van der Waals surface area contributed by atoms with Crippen LogP contribution in [0.2, 0.25) is 0 Å². The van der Waals surface area contributed by atoms with Gasteiger partial charge < -0.3 is 31.5 Å². The third kappa shape index (κ3) is 12.0. The molecule has 0 radical (unpaired) electrons. The Labute approximate surface area is 307 Å². The van der Waals surface area contributed by atoms with Crippen LogP contribution in [0, 0.1) is 17.8 Å². The Balaban J connectivity index is 1.82. The quantitative estimate of drug-likeness (QED) is 0.108. The van der Waals surface area contributed by atoms with Crippen molar-refractivity contribution in [3.8, 4) is 0 Å². The second-order valence-electron chi connectivity index (χ2n) is 14.1. The molecule has 4 amide bonds. The summed E-state index contributed by atoms with van der Waals surface area (Å²) in [6, 6.07) is 23.7. The lowest BCUT2D eigenvalue weighted by Crippen LogP contribution is -2.57. The number of benzene rings is 3. The normalized spacial score (nSPS) is 14.8. The number of aliphatic hydroxyl groups excluding tert-OH is 1. The highest BCUT2D eigenvalue weighted by Gasteiger charge is 2.35. The molecular weight excluding hydrogens is 660 g/mol. The number of carbonyl (C=O) groups excluding carboxylic acids is 4. The molecule has 0 heterocycles. The van der Waals surface area contributed by atoms with Crippen molar-refractivity contribution in [1.82, 2.24) is 21.3 Å². The molecule has 6 atom stereocenters. The molecule has 0 aliphatic rings. The fraction of sp³-hybridized carbons (Fsp3) is 0.439. The van der Waals surface area contributed by atoms with Crippen LogP contribution in [-0.4, -0.2) is 70.1 Å². The van der Waals surface area contributed by atoms with Gasteiger partial charge in [0.25, 0.3) is 0 Å². The number of carboxylic acid groups (broad SMARTS) is 1. The van der Waals surface area contributed by atoms with Crippen LogP contribution in [0.4, 0.5) is 0 Å². The zero-order valence-electron chi connectivity index (χ0n) is 30.9. The van der Waals surface area contributed by atoms with Gasteiger partial charge >= 0.3 is 5.97 Å². The molecule has 11 nitrogen and oxygen atoms in total. The molecule has 52 heavy (non-hydrogen) atoms. The number of rotatable bonds is 19. The molecule has 0 fully saturated rings. The van der Waals surface area contributed by atoms with Gasteiger partial charge in [-0.15, -0.1) is 0 Å². The lowest BCUT2D eigenvalue weighted by atomic mass is 9.89. The molecule has 0 bridgehead atoms. The van der Waals surface area contributed by atoms with E-state index in [0.29, 0.717) is 6.42 Å².